The van der Waals surface area contributed by atoms with Gasteiger partial charge in [-0.3, -0.25) is 4.79 Å². The molecule has 1 aliphatic rings. The van der Waals surface area contributed by atoms with E-state index < -0.39 is 0 Å². The first-order valence-corrected chi connectivity index (χ1v) is 12.0. The van der Waals surface area contributed by atoms with Gasteiger partial charge in [-0.25, -0.2) is 0 Å². The number of piperidine rings is 1. The number of hydrogen-bond donors (Lipinski definition) is 1. The third-order valence-corrected chi connectivity index (χ3v) is 6.72. The fourth-order valence-electron chi connectivity index (χ4n) is 4.70. The van der Waals surface area contributed by atoms with Crippen LogP contribution in [0.2, 0.25) is 0 Å². The van der Waals surface area contributed by atoms with Crippen molar-refractivity contribution < 1.29 is 9.53 Å². The lowest BCUT2D eigenvalue weighted by Crippen LogP contribution is -2.40. The summed E-state index contributed by atoms with van der Waals surface area (Å²) in [7, 11) is 1.66. The average molecular weight is 443 g/mol. The molecule has 4 heteroatoms. The zero-order valence-electron chi connectivity index (χ0n) is 19.5. The van der Waals surface area contributed by atoms with Gasteiger partial charge in [-0.2, -0.15) is 0 Å². The van der Waals surface area contributed by atoms with Crippen LogP contribution in [0.3, 0.4) is 0 Å². The second-order valence-electron chi connectivity index (χ2n) is 8.84. The zero-order valence-corrected chi connectivity index (χ0v) is 19.5. The highest BCUT2D eigenvalue weighted by Gasteiger charge is 2.25. The predicted octanol–water partition coefficient (Wildman–Crippen LogP) is 5.25. The molecule has 1 amide bonds. The van der Waals surface area contributed by atoms with Gasteiger partial charge < -0.3 is 15.0 Å². The molecule has 0 atom stereocenters. The normalized spacial score (nSPS) is 14.8. The van der Waals surface area contributed by atoms with Crippen LogP contribution >= 0.6 is 0 Å². The molecule has 0 bridgehead atoms. The van der Waals surface area contributed by atoms with Gasteiger partial charge in [-0.15, -0.1) is 0 Å². The van der Waals surface area contributed by atoms with Crippen LogP contribution in [-0.2, 0) is 11.3 Å². The first kappa shape index (κ1) is 23.1. The molecule has 3 aromatic carbocycles. The van der Waals surface area contributed by atoms with Gasteiger partial charge in [0.05, 0.1) is 7.11 Å². The quantitative estimate of drug-likeness (QED) is 0.492. The second-order valence-corrected chi connectivity index (χ2v) is 8.84. The molecular formula is C29H34N2O2. The lowest BCUT2D eigenvalue weighted by molar-refractivity contribution is -0.126. The Bertz CT molecular complexity index is 942. The summed E-state index contributed by atoms with van der Waals surface area (Å²) >= 11 is 0. The first-order valence-electron chi connectivity index (χ1n) is 12.0. The summed E-state index contributed by atoms with van der Waals surface area (Å²) in [6, 6.07) is 29.4. The van der Waals surface area contributed by atoms with E-state index in [9.17, 15) is 4.79 Å². The molecule has 0 radical (unpaired) electrons. The van der Waals surface area contributed by atoms with Crippen molar-refractivity contribution in [1.82, 2.24) is 10.2 Å². The summed E-state index contributed by atoms with van der Waals surface area (Å²) in [5.41, 5.74) is 3.84. The van der Waals surface area contributed by atoms with E-state index in [4.69, 9.17) is 4.74 Å². The molecule has 0 spiro atoms. The molecule has 172 valence electrons. The van der Waals surface area contributed by atoms with Gasteiger partial charge >= 0.3 is 0 Å². The molecule has 33 heavy (non-hydrogen) atoms. The zero-order chi connectivity index (χ0) is 22.9. The number of ether oxygens (including phenoxy) is 1. The number of carbonyl (C=O) groups is 1. The summed E-state index contributed by atoms with van der Waals surface area (Å²) in [6.45, 7) is 3.58. The maximum absolute atomic E-state index is 12.7. The van der Waals surface area contributed by atoms with Gasteiger partial charge in [0.15, 0.2) is 0 Å². The Kier molecular flexibility index (Phi) is 8.15. The molecular weight excluding hydrogens is 408 g/mol. The molecule has 1 heterocycles. The minimum Gasteiger partial charge on any atom is -0.497 e. The number of nitrogens with zero attached hydrogens (tertiary/aromatic N) is 1. The van der Waals surface area contributed by atoms with E-state index in [0.717, 1.165) is 50.2 Å². The summed E-state index contributed by atoms with van der Waals surface area (Å²) < 4.78 is 5.19. The number of hydrogen-bond acceptors (Lipinski definition) is 3. The lowest BCUT2D eigenvalue weighted by Gasteiger charge is -2.32. The van der Waals surface area contributed by atoms with Gasteiger partial charge in [0.1, 0.15) is 5.75 Å². The molecule has 0 aliphatic carbocycles. The Hall–Kier alpha value is -3.11. The highest BCUT2D eigenvalue weighted by Crippen LogP contribution is 2.29. The van der Waals surface area contributed by atoms with Crippen molar-refractivity contribution in [3.8, 4) is 5.75 Å². The van der Waals surface area contributed by atoms with Crippen molar-refractivity contribution in [3.05, 3.63) is 102 Å². The largest absolute Gasteiger partial charge is 0.497 e. The van der Waals surface area contributed by atoms with E-state index in [1.807, 2.05) is 24.3 Å². The van der Waals surface area contributed by atoms with E-state index in [1.54, 1.807) is 7.11 Å². The molecule has 1 fully saturated rings. The third kappa shape index (κ3) is 6.45. The Morgan fingerprint density at radius 3 is 2.03 bits per heavy atom. The Balaban J connectivity index is 1.25. The van der Waals surface area contributed by atoms with Crippen LogP contribution in [0, 0.1) is 5.92 Å². The van der Waals surface area contributed by atoms with Gasteiger partial charge in [0.2, 0.25) is 5.91 Å². The number of carbonyl (C=O) groups excluding carboxylic acids is 1. The number of nitrogens with one attached hydrogen (secondary N) is 1. The van der Waals surface area contributed by atoms with Crippen LogP contribution in [0.4, 0.5) is 0 Å². The molecule has 3 aromatic rings. The topological polar surface area (TPSA) is 41.6 Å². The number of likely N-dealkylation sites (tertiary alicyclic amines) is 1. The molecule has 0 saturated carbocycles. The van der Waals surface area contributed by atoms with Crippen LogP contribution in [0.25, 0.3) is 0 Å². The maximum atomic E-state index is 12.7. The molecule has 0 unspecified atom stereocenters. The number of rotatable bonds is 9. The highest BCUT2D eigenvalue weighted by molar-refractivity contribution is 5.78. The molecule has 4 nitrogen and oxygen atoms in total. The smallest absolute Gasteiger partial charge is 0.223 e. The standard InChI is InChI=1S/C29H34N2O2/c1-33-27-14-12-23(13-15-27)22-30-29(32)26-16-19-31(20-17-26)21-18-28(24-8-4-2-5-9-24)25-10-6-3-7-11-25/h2-15,26,28H,16-22H2,1H3,(H,30,32). The van der Waals surface area contributed by atoms with Gasteiger partial charge in [-0.1, -0.05) is 72.8 Å². The van der Waals surface area contributed by atoms with Crippen LogP contribution in [0.15, 0.2) is 84.9 Å². The summed E-state index contributed by atoms with van der Waals surface area (Å²) in [4.78, 5) is 15.2. The van der Waals surface area contributed by atoms with Crippen molar-refractivity contribution >= 4 is 5.91 Å². The van der Waals surface area contributed by atoms with E-state index in [2.05, 4.69) is 70.9 Å². The summed E-state index contributed by atoms with van der Waals surface area (Å²) in [5.74, 6) is 1.52. The van der Waals surface area contributed by atoms with Crippen LogP contribution < -0.4 is 10.1 Å². The van der Waals surface area contributed by atoms with Crippen LogP contribution in [-0.4, -0.2) is 37.6 Å². The SMILES string of the molecule is COc1ccc(CNC(=O)C2CCN(CCC(c3ccccc3)c3ccccc3)CC2)cc1. The Morgan fingerprint density at radius 2 is 1.48 bits per heavy atom. The van der Waals surface area contributed by atoms with Crippen LogP contribution in [0.5, 0.6) is 5.75 Å². The summed E-state index contributed by atoms with van der Waals surface area (Å²) in [6.07, 6.45) is 2.94. The minimum absolute atomic E-state index is 0.110. The monoisotopic (exact) mass is 442 g/mol. The van der Waals surface area contributed by atoms with Crippen molar-refractivity contribution in [3.63, 3.8) is 0 Å². The summed E-state index contributed by atoms with van der Waals surface area (Å²) in [5, 5.41) is 3.12. The molecule has 1 saturated heterocycles. The van der Waals surface area contributed by atoms with Crippen LogP contribution in [0.1, 0.15) is 41.9 Å². The van der Waals surface area contributed by atoms with Crippen molar-refractivity contribution in [2.24, 2.45) is 5.92 Å². The van der Waals surface area contributed by atoms with Gasteiger partial charge in [-0.05, 0) is 67.7 Å². The fourth-order valence-corrected chi connectivity index (χ4v) is 4.70. The number of benzene rings is 3. The second kappa shape index (κ2) is 11.7. The number of methoxy groups -OCH3 is 1. The fraction of sp³-hybridized carbons (Fsp3) is 0.345. The third-order valence-electron chi connectivity index (χ3n) is 6.72. The minimum atomic E-state index is 0.110. The Labute approximate surface area is 197 Å². The Morgan fingerprint density at radius 1 is 0.909 bits per heavy atom. The molecule has 4 rings (SSSR count). The van der Waals surface area contributed by atoms with Gasteiger partial charge in [0, 0.05) is 18.4 Å². The van der Waals surface area contributed by atoms with E-state index in [-0.39, 0.29) is 11.8 Å². The first-order chi connectivity index (χ1) is 16.2. The molecule has 1 aliphatic heterocycles. The van der Waals surface area contributed by atoms with Crippen molar-refractivity contribution in [2.75, 3.05) is 26.7 Å². The lowest BCUT2D eigenvalue weighted by atomic mass is 9.88. The molecule has 0 aromatic heterocycles. The van der Waals surface area contributed by atoms with E-state index in [1.165, 1.54) is 11.1 Å². The number of amides is 1. The molecule has 1 N–H and O–H groups in total. The van der Waals surface area contributed by atoms with Gasteiger partial charge in [0.25, 0.3) is 0 Å². The van der Waals surface area contributed by atoms with Crippen molar-refractivity contribution in [2.45, 2.75) is 31.7 Å². The highest BCUT2D eigenvalue weighted by atomic mass is 16.5. The maximum Gasteiger partial charge on any atom is 0.223 e. The average Bonchev–Trinajstić information content (AvgIpc) is 2.89. The van der Waals surface area contributed by atoms with E-state index in [0.29, 0.717) is 12.5 Å². The predicted molar refractivity (Wildman–Crippen MR) is 133 cm³/mol. The van der Waals surface area contributed by atoms with E-state index >= 15 is 0 Å². The van der Waals surface area contributed by atoms with Crippen molar-refractivity contribution in [1.29, 1.82) is 0 Å².